The molecule has 3 rings (SSSR count). The second-order valence-corrected chi connectivity index (χ2v) is 6.59. The van der Waals surface area contributed by atoms with Gasteiger partial charge in [0.05, 0.1) is 25.0 Å². The molecule has 29 heavy (non-hydrogen) atoms. The Kier molecular flexibility index (Phi) is 6.75. The second kappa shape index (κ2) is 9.86. The molecule has 5 heteroatoms. The van der Waals surface area contributed by atoms with Crippen molar-refractivity contribution in [2.75, 3.05) is 5.32 Å². The van der Waals surface area contributed by atoms with Crippen LogP contribution in [0.4, 0.5) is 5.69 Å². The fourth-order valence-corrected chi connectivity index (χ4v) is 2.96. The molecule has 0 aromatic heterocycles. The van der Waals surface area contributed by atoms with Crippen molar-refractivity contribution in [3.63, 3.8) is 0 Å². The molecule has 0 saturated heterocycles. The first-order valence-electron chi connectivity index (χ1n) is 9.32. The Morgan fingerprint density at radius 3 is 2.10 bits per heavy atom. The van der Waals surface area contributed by atoms with Crippen LogP contribution in [0.15, 0.2) is 84.9 Å². The molecule has 0 unspecified atom stereocenters. The van der Waals surface area contributed by atoms with Gasteiger partial charge in [-0.2, -0.15) is 5.26 Å². The van der Waals surface area contributed by atoms with Gasteiger partial charge in [-0.1, -0.05) is 60.7 Å². The van der Waals surface area contributed by atoms with E-state index in [0.717, 1.165) is 11.1 Å². The van der Waals surface area contributed by atoms with Gasteiger partial charge in [0.15, 0.2) is 0 Å². The van der Waals surface area contributed by atoms with Crippen LogP contribution in [0.3, 0.4) is 0 Å². The standard InChI is InChI=1S/C24H21N3O2/c25-16-15-18-11-13-21(14-12-18)26-23(28)17-22(19-7-3-1-4-8-19)27-24(29)20-9-5-2-6-10-20/h1-14,22H,15,17H2,(H,26,28)(H,27,29)/t22-/m1/s1. The van der Waals surface area contributed by atoms with Gasteiger partial charge in [-0.3, -0.25) is 9.59 Å². The molecule has 0 radical (unpaired) electrons. The number of amides is 2. The van der Waals surface area contributed by atoms with Crippen LogP contribution in [0.5, 0.6) is 0 Å². The van der Waals surface area contributed by atoms with E-state index in [1.54, 1.807) is 36.4 Å². The number of carbonyl (C=O) groups is 2. The lowest BCUT2D eigenvalue weighted by molar-refractivity contribution is -0.116. The van der Waals surface area contributed by atoms with Crippen molar-refractivity contribution < 1.29 is 9.59 Å². The molecular weight excluding hydrogens is 362 g/mol. The number of anilines is 1. The van der Waals surface area contributed by atoms with Crippen LogP contribution in [0.2, 0.25) is 0 Å². The minimum atomic E-state index is -0.457. The topological polar surface area (TPSA) is 82.0 Å². The average Bonchev–Trinajstić information content (AvgIpc) is 2.76. The third-order valence-electron chi connectivity index (χ3n) is 4.45. The SMILES string of the molecule is N#CCc1ccc(NC(=O)C[C@@H](NC(=O)c2ccccc2)c2ccccc2)cc1. The zero-order valence-corrected chi connectivity index (χ0v) is 15.8. The number of hydrogen-bond donors (Lipinski definition) is 2. The van der Waals surface area contributed by atoms with Crippen LogP contribution in [0.25, 0.3) is 0 Å². The molecule has 0 saturated carbocycles. The second-order valence-electron chi connectivity index (χ2n) is 6.59. The zero-order chi connectivity index (χ0) is 20.5. The van der Waals surface area contributed by atoms with Crippen molar-refractivity contribution in [2.24, 2.45) is 0 Å². The number of hydrogen-bond acceptors (Lipinski definition) is 3. The zero-order valence-electron chi connectivity index (χ0n) is 15.8. The molecule has 0 aliphatic heterocycles. The summed E-state index contributed by atoms with van der Waals surface area (Å²) < 4.78 is 0. The summed E-state index contributed by atoms with van der Waals surface area (Å²) in [7, 11) is 0. The number of nitrogens with zero attached hydrogens (tertiary/aromatic N) is 1. The van der Waals surface area contributed by atoms with E-state index in [2.05, 4.69) is 16.7 Å². The lowest BCUT2D eigenvalue weighted by atomic mass is 10.0. The Bertz CT molecular complexity index is 994. The van der Waals surface area contributed by atoms with E-state index in [1.165, 1.54) is 0 Å². The Labute approximate surface area is 170 Å². The molecule has 0 spiro atoms. The van der Waals surface area contributed by atoms with Gasteiger partial charge in [0.1, 0.15) is 0 Å². The van der Waals surface area contributed by atoms with Crippen LogP contribution in [0.1, 0.15) is 33.9 Å². The first-order valence-corrected chi connectivity index (χ1v) is 9.32. The molecule has 2 amide bonds. The fraction of sp³-hybridized carbons (Fsp3) is 0.125. The third-order valence-corrected chi connectivity index (χ3v) is 4.45. The summed E-state index contributed by atoms with van der Waals surface area (Å²) in [6.45, 7) is 0. The Hall–Kier alpha value is -3.91. The highest BCUT2D eigenvalue weighted by Crippen LogP contribution is 2.19. The minimum absolute atomic E-state index is 0.0997. The van der Waals surface area contributed by atoms with Crippen molar-refractivity contribution in [2.45, 2.75) is 18.9 Å². The van der Waals surface area contributed by atoms with Gasteiger partial charge >= 0.3 is 0 Å². The molecule has 144 valence electrons. The van der Waals surface area contributed by atoms with Crippen molar-refractivity contribution in [1.82, 2.24) is 5.32 Å². The molecule has 0 heterocycles. The predicted molar refractivity (Wildman–Crippen MR) is 112 cm³/mol. The molecule has 2 N–H and O–H groups in total. The predicted octanol–water partition coefficient (Wildman–Crippen LogP) is 4.25. The normalized spacial score (nSPS) is 11.1. The van der Waals surface area contributed by atoms with Gasteiger partial charge in [0.2, 0.25) is 5.91 Å². The van der Waals surface area contributed by atoms with Crippen molar-refractivity contribution in [1.29, 1.82) is 5.26 Å². The van der Waals surface area contributed by atoms with Crippen LogP contribution in [-0.2, 0) is 11.2 Å². The van der Waals surface area contributed by atoms with Crippen molar-refractivity contribution in [3.8, 4) is 6.07 Å². The van der Waals surface area contributed by atoms with Gasteiger partial charge < -0.3 is 10.6 Å². The largest absolute Gasteiger partial charge is 0.345 e. The van der Waals surface area contributed by atoms with Crippen LogP contribution in [-0.4, -0.2) is 11.8 Å². The molecular formula is C24H21N3O2. The van der Waals surface area contributed by atoms with Gasteiger partial charge in [0.25, 0.3) is 5.91 Å². The number of nitrogens with one attached hydrogen (secondary N) is 2. The van der Waals surface area contributed by atoms with Crippen LogP contribution < -0.4 is 10.6 Å². The highest BCUT2D eigenvalue weighted by atomic mass is 16.2. The highest BCUT2D eigenvalue weighted by molar-refractivity contribution is 5.95. The fourth-order valence-electron chi connectivity index (χ4n) is 2.96. The maximum absolute atomic E-state index is 12.6. The monoisotopic (exact) mass is 383 g/mol. The molecule has 0 bridgehead atoms. The van der Waals surface area contributed by atoms with E-state index in [-0.39, 0.29) is 18.2 Å². The van der Waals surface area contributed by atoms with E-state index in [4.69, 9.17) is 5.26 Å². The Morgan fingerprint density at radius 2 is 1.48 bits per heavy atom. The first kappa shape index (κ1) is 19.8. The minimum Gasteiger partial charge on any atom is -0.345 e. The molecule has 1 atom stereocenters. The number of nitriles is 1. The summed E-state index contributed by atoms with van der Waals surface area (Å²) in [5.74, 6) is -0.437. The van der Waals surface area contributed by atoms with E-state index in [0.29, 0.717) is 17.7 Å². The van der Waals surface area contributed by atoms with E-state index in [1.807, 2.05) is 48.5 Å². The third kappa shape index (κ3) is 5.78. The first-order chi connectivity index (χ1) is 14.2. The van der Waals surface area contributed by atoms with Gasteiger partial charge in [0, 0.05) is 11.3 Å². The maximum Gasteiger partial charge on any atom is 0.251 e. The summed E-state index contributed by atoms with van der Waals surface area (Å²) in [5, 5.41) is 14.5. The van der Waals surface area contributed by atoms with Gasteiger partial charge in [-0.15, -0.1) is 0 Å². The van der Waals surface area contributed by atoms with Crippen molar-refractivity contribution in [3.05, 3.63) is 102 Å². The van der Waals surface area contributed by atoms with Gasteiger partial charge in [-0.25, -0.2) is 0 Å². The molecule has 3 aromatic rings. The summed E-state index contributed by atoms with van der Waals surface area (Å²) in [6.07, 6.45) is 0.429. The van der Waals surface area contributed by atoms with E-state index in [9.17, 15) is 9.59 Å². The Morgan fingerprint density at radius 1 is 0.862 bits per heavy atom. The van der Waals surface area contributed by atoms with Crippen molar-refractivity contribution >= 4 is 17.5 Å². The number of carbonyl (C=O) groups excluding carboxylic acids is 2. The molecule has 0 aliphatic carbocycles. The lowest BCUT2D eigenvalue weighted by Crippen LogP contribution is -2.31. The van der Waals surface area contributed by atoms with Crippen LogP contribution in [0, 0.1) is 11.3 Å². The quantitative estimate of drug-likeness (QED) is 0.640. The molecule has 3 aromatic carbocycles. The molecule has 0 fully saturated rings. The Balaban J connectivity index is 1.70. The summed E-state index contributed by atoms with van der Waals surface area (Å²) in [6, 6.07) is 27.1. The number of rotatable bonds is 7. The maximum atomic E-state index is 12.6. The van der Waals surface area contributed by atoms with Gasteiger partial charge in [-0.05, 0) is 35.4 Å². The lowest BCUT2D eigenvalue weighted by Gasteiger charge is -2.19. The summed E-state index contributed by atoms with van der Waals surface area (Å²) in [4.78, 5) is 25.2. The van der Waals surface area contributed by atoms with E-state index < -0.39 is 6.04 Å². The van der Waals surface area contributed by atoms with E-state index >= 15 is 0 Å². The summed E-state index contributed by atoms with van der Waals surface area (Å²) in [5.41, 5.74) is 2.94. The molecule has 0 aliphatic rings. The summed E-state index contributed by atoms with van der Waals surface area (Å²) >= 11 is 0. The highest BCUT2D eigenvalue weighted by Gasteiger charge is 2.19. The smallest absolute Gasteiger partial charge is 0.251 e. The number of benzene rings is 3. The molecule has 5 nitrogen and oxygen atoms in total. The van der Waals surface area contributed by atoms with Crippen LogP contribution >= 0.6 is 0 Å². The average molecular weight is 383 g/mol.